The number of carbonyl (C=O) groups is 2. The summed E-state index contributed by atoms with van der Waals surface area (Å²) in [6.45, 7) is 6.56. The predicted molar refractivity (Wildman–Crippen MR) is 78.5 cm³/mol. The number of nitrogens with zero attached hydrogens (tertiary/aromatic N) is 1. The second-order valence-corrected chi connectivity index (χ2v) is 6.32. The summed E-state index contributed by atoms with van der Waals surface area (Å²) in [5, 5.41) is 11.8. The highest BCUT2D eigenvalue weighted by molar-refractivity contribution is 5.79. The van der Waals surface area contributed by atoms with E-state index in [1.165, 1.54) is 6.42 Å². The second-order valence-electron chi connectivity index (χ2n) is 6.32. The molecular formula is C15H28N2O3. The molecule has 0 saturated heterocycles. The molecule has 0 radical (unpaired) electrons. The van der Waals surface area contributed by atoms with Crippen LogP contribution in [0, 0.1) is 5.92 Å². The summed E-state index contributed by atoms with van der Waals surface area (Å²) >= 11 is 0. The summed E-state index contributed by atoms with van der Waals surface area (Å²) in [4.78, 5) is 24.5. The van der Waals surface area contributed by atoms with Crippen molar-refractivity contribution in [3.63, 3.8) is 0 Å². The fraction of sp³-hybridized carbons (Fsp3) is 0.867. The standard InChI is InChI=1S/C15H28N2O3/c1-11(2)5-4-6-12(3)16-14(18)9-17(10-15(19)20)13-7-8-13/h11-13H,4-10H2,1-3H3,(H,16,18)(H,19,20). The summed E-state index contributed by atoms with van der Waals surface area (Å²) in [5.74, 6) is -0.233. The van der Waals surface area contributed by atoms with Crippen molar-refractivity contribution in [1.29, 1.82) is 0 Å². The molecule has 0 aromatic carbocycles. The van der Waals surface area contributed by atoms with Gasteiger partial charge >= 0.3 is 5.97 Å². The average molecular weight is 284 g/mol. The maximum absolute atomic E-state index is 11.9. The van der Waals surface area contributed by atoms with E-state index in [-0.39, 0.29) is 31.1 Å². The molecule has 0 aromatic rings. The first-order chi connectivity index (χ1) is 9.38. The Hall–Kier alpha value is -1.10. The molecule has 1 unspecified atom stereocenters. The fourth-order valence-electron chi connectivity index (χ4n) is 2.34. The van der Waals surface area contributed by atoms with Crippen molar-refractivity contribution in [3.8, 4) is 0 Å². The average Bonchev–Trinajstić information content (AvgIpc) is 3.10. The maximum Gasteiger partial charge on any atom is 0.317 e. The van der Waals surface area contributed by atoms with Crippen molar-refractivity contribution in [2.45, 2.75) is 65.0 Å². The van der Waals surface area contributed by atoms with Gasteiger partial charge in [-0.1, -0.05) is 26.7 Å². The van der Waals surface area contributed by atoms with Gasteiger partial charge in [0.1, 0.15) is 0 Å². The van der Waals surface area contributed by atoms with Gasteiger partial charge in [0.05, 0.1) is 13.1 Å². The Kier molecular flexibility index (Phi) is 6.99. The molecule has 0 aliphatic heterocycles. The Bertz CT molecular complexity index is 327. The zero-order valence-electron chi connectivity index (χ0n) is 12.9. The molecule has 116 valence electrons. The number of amides is 1. The van der Waals surface area contributed by atoms with Gasteiger partial charge in [0.25, 0.3) is 0 Å². The summed E-state index contributed by atoms with van der Waals surface area (Å²) < 4.78 is 0. The van der Waals surface area contributed by atoms with Gasteiger partial charge in [0.15, 0.2) is 0 Å². The van der Waals surface area contributed by atoms with Gasteiger partial charge in [-0.05, 0) is 32.1 Å². The van der Waals surface area contributed by atoms with E-state index in [2.05, 4.69) is 19.2 Å². The lowest BCUT2D eigenvalue weighted by molar-refractivity contribution is -0.139. The molecule has 1 fully saturated rings. The molecule has 0 aromatic heterocycles. The van der Waals surface area contributed by atoms with Crippen LogP contribution in [0.5, 0.6) is 0 Å². The Morgan fingerprint density at radius 3 is 2.35 bits per heavy atom. The van der Waals surface area contributed by atoms with E-state index in [9.17, 15) is 9.59 Å². The molecular weight excluding hydrogens is 256 g/mol. The molecule has 2 N–H and O–H groups in total. The van der Waals surface area contributed by atoms with Gasteiger partial charge in [0.2, 0.25) is 5.91 Å². The smallest absolute Gasteiger partial charge is 0.317 e. The van der Waals surface area contributed by atoms with Gasteiger partial charge in [-0.3, -0.25) is 14.5 Å². The molecule has 1 rings (SSSR count). The van der Waals surface area contributed by atoms with E-state index >= 15 is 0 Å². The lowest BCUT2D eigenvalue weighted by Gasteiger charge is -2.21. The highest BCUT2D eigenvalue weighted by Crippen LogP contribution is 2.26. The molecule has 1 atom stereocenters. The zero-order valence-corrected chi connectivity index (χ0v) is 12.9. The van der Waals surface area contributed by atoms with Crippen LogP contribution in [0.4, 0.5) is 0 Å². The van der Waals surface area contributed by atoms with Crippen molar-refractivity contribution in [1.82, 2.24) is 10.2 Å². The largest absolute Gasteiger partial charge is 0.480 e. The van der Waals surface area contributed by atoms with Crippen molar-refractivity contribution in [2.24, 2.45) is 5.92 Å². The number of carboxylic acid groups (broad SMARTS) is 1. The number of carboxylic acids is 1. The van der Waals surface area contributed by atoms with Crippen molar-refractivity contribution < 1.29 is 14.7 Å². The van der Waals surface area contributed by atoms with Crippen molar-refractivity contribution in [2.75, 3.05) is 13.1 Å². The van der Waals surface area contributed by atoms with Crippen LogP contribution in [0.3, 0.4) is 0 Å². The van der Waals surface area contributed by atoms with Crippen LogP contribution in [-0.4, -0.2) is 47.1 Å². The van der Waals surface area contributed by atoms with E-state index < -0.39 is 5.97 Å². The minimum absolute atomic E-state index is 0.0418. The minimum Gasteiger partial charge on any atom is -0.480 e. The summed E-state index contributed by atoms with van der Waals surface area (Å²) in [5.41, 5.74) is 0. The van der Waals surface area contributed by atoms with Gasteiger partial charge in [-0.25, -0.2) is 0 Å². The Balaban J connectivity index is 2.24. The first kappa shape index (κ1) is 17.0. The molecule has 1 aliphatic rings. The third-order valence-corrected chi connectivity index (χ3v) is 3.57. The van der Waals surface area contributed by atoms with Crippen LogP contribution in [-0.2, 0) is 9.59 Å². The Morgan fingerprint density at radius 2 is 1.85 bits per heavy atom. The number of nitrogens with one attached hydrogen (secondary N) is 1. The zero-order chi connectivity index (χ0) is 15.1. The van der Waals surface area contributed by atoms with E-state index in [1.54, 1.807) is 4.90 Å². The molecule has 0 heterocycles. The molecule has 1 aliphatic carbocycles. The molecule has 0 spiro atoms. The summed E-state index contributed by atoms with van der Waals surface area (Å²) in [7, 11) is 0. The highest BCUT2D eigenvalue weighted by Gasteiger charge is 2.31. The lowest BCUT2D eigenvalue weighted by atomic mass is 10.0. The second kappa shape index (κ2) is 8.25. The highest BCUT2D eigenvalue weighted by atomic mass is 16.4. The van der Waals surface area contributed by atoms with Crippen LogP contribution in [0.15, 0.2) is 0 Å². The summed E-state index contributed by atoms with van der Waals surface area (Å²) in [6.07, 6.45) is 5.27. The predicted octanol–water partition coefficient (Wildman–Crippen LogP) is 1.87. The lowest BCUT2D eigenvalue weighted by Crippen LogP contribution is -2.43. The minimum atomic E-state index is -0.866. The Labute approximate surface area is 121 Å². The van der Waals surface area contributed by atoms with E-state index in [0.29, 0.717) is 5.92 Å². The topological polar surface area (TPSA) is 69.6 Å². The number of hydrogen-bond donors (Lipinski definition) is 2. The van der Waals surface area contributed by atoms with E-state index in [1.807, 2.05) is 6.92 Å². The SMILES string of the molecule is CC(C)CCCC(C)NC(=O)CN(CC(=O)O)C1CC1. The van der Waals surface area contributed by atoms with Gasteiger partial charge < -0.3 is 10.4 Å². The van der Waals surface area contributed by atoms with E-state index in [4.69, 9.17) is 5.11 Å². The molecule has 0 bridgehead atoms. The summed E-state index contributed by atoms with van der Waals surface area (Å²) in [6, 6.07) is 0.445. The number of rotatable bonds is 10. The quantitative estimate of drug-likeness (QED) is 0.642. The van der Waals surface area contributed by atoms with Crippen molar-refractivity contribution >= 4 is 11.9 Å². The maximum atomic E-state index is 11.9. The molecule has 1 saturated carbocycles. The number of carbonyl (C=O) groups excluding carboxylic acids is 1. The molecule has 5 heteroatoms. The van der Waals surface area contributed by atoms with Gasteiger partial charge in [-0.2, -0.15) is 0 Å². The number of hydrogen-bond acceptors (Lipinski definition) is 3. The van der Waals surface area contributed by atoms with Crippen LogP contribution in [0.1, 0.15) is 52.9 Å². The first-order valence-corrected chi connectivity index (χ1v) is 7.63. The van der Waals surface area contributed by atoms with Crippen LogP contribution >= 0.6 is 0 Å². The van der Waals surface area contributed by atoms with Gasteiger partial charge in [-0.15, -0.1) is 0 Å². The molecule has 20 heavy (non-hydrogen) atoms. The van der Waals surface area contributed by atoms with E-state index in [0.717, 1.165) is 25.7 Å². The number of aliphatic carboxylic acids is 1. The Morgan fingerprint density at radius 1 is 1.20 bits per heavy atom. The third kappa shape index (κ3) is 7.48. The van der Waals surface area contributed by atoms with Crippen LogP contribution in [0.25, 0.3) is 0 Å². The molecule has 5 nitrogen and oxygen atoms in total. The van der Waals surface area contributed by atoms with Crippen LogP contribution in [0.2, 0.25) is 0 Å². The fourth-order valence-corrected chi connectivity index (χ4v) is 2.34. The molecule has 1 amide bonds. The first-order valence-electron chi connectivity index (χ1n) is 7.63. The monoisotopic (exact) mass is 284 g/mol. The third-order valence-electron chi connectivity index (χ3n) is 3.57. The van der Waals surface area contributed by atoms with Crippen molar-refractivity contribution in [3.05, 3.63) is 0 Å². The van der Waals surface area contributed by atoms with Crippen LogP contribution < -0.4 is 5.32 Å². The normalized spacial score (nSPS) is 16.4. The van der Waals surface area contributed by atoms with Gasteiger partial charge in [0, 0.05) is 12.1 Å².